The van der Waals surface area contributed by atoms with E-state index in [4.69, 9.17) is 4.74 Å². The Morgan fingerprint density at radius 2 is 1.69 bits per heavy atom. The first kappa shape index (κ1) is 23.0. The first-order valence-electron chi connectivity index (χ1n) is 11.3. The fraction of sp³-hybridized carbons (Fsp3) is 0.179. The third-order valence-corrected chi connectivity index (χ3v) is 7.04. The number of nitro groups is 1. The number of carbonyl (C=O) groups is 2. The second-order valence-electron chi connectivity index (χ2n) is 8.74. The molecule has 0 amide bonds. The van der Waals surface area contributed by atoms with Crippen molar-refractivity contribution in [3.8, 4) is 6.07 Å². The van der Waals surface area contributed by atoms with Crippen LogP contribution in [0.4, 0.5) is 11.4 Å². The molecule has 2 aliphatic rings. The van der Waals surface area contributed by atoms with Crippen LogP contribution in [-0.4, -0.2) is 35.9 Å². The van der Waals surface area contributed by atoms with Crippen LogP contribution in [0.5, 0.6) is 0 Å². The maximum absolute atomic E-state index is 14.1. The van der Waals surface area contributed by atoms with Crippen LogP contribution in [0, 0.1) is 26.9 Å². The van der Waals surface area contributed by atoms with Gasteiger partial charge in [-0.15, -0.1) is 0 Å². The molecule has 178 valence electrons. The predicted molar refractivity (Wildman–Crippen MR) is 132 cm³/mol. The van der Waals surface area contributed by atoms with Gasteiger partial charge < -0.3 is 9.64 Å². The molecule has 8 heteroatoms. The Hall–Kier alpha value is -4.77. The predicted octanol–water partition coefficient (Wildman–Crippen LogP) is 4.53. The highest BCUT2D eigenvalue weighted by atomic mass is 16.6. The van der Waals surface area contributed by atoms with Crippen molar-refractivity contribution in [2.75, 3.05) is 12.0 Å². The summed E-state index contributed by atoms with van der Waals surface area (Å²) in [6.07, 6.45) is 3.60. The zero-order valence-electron chi connectivity index (χ0n) is 19.3. The van der Waals surface area contributed by atoms with E-state index in [9.17, 15) is 25.0 Å². The lowest BCUT2D eigenvalue weighted by Crippen LogP contribution is -2.46. The molecule has 0 unspecified atom stereocenters. The van der Waals surface area contributed by atoms with Crippen LogP contribution in [0.25, 0.3) is 6.08 Å². The van der Waals surface area contributed by atoms with E-state index in [1.165, 1.54) is 31.4 Å². The van der Waals surface area contributed by atoms with Crippen molar-refractivity contribution in [1.82, 2.24) is 0 Å². The summed E-state index contributed by atoms with van der Waals surface area (Å²) in [6.45, 7) is 0. The molecule has 4 atom stereocenters. The number of methoxy groups -OCH3 is 1. The summed E-state index contributed by atoms with van der Waals surface area (Å²) in [7, 11) is 1.21. The molecule has 2 aliphatic heterocycles. The van der Waals surface area contributed by atoms with Crippen LogP contribution in [0.3, 0.4) is 0 Å². The minimum atomic E-state index is -1.79. The summed E-state index contributed by atoms with van der Waals surface area (Å²) < 4.78 is 5.17. The van der Waals surface area contributed by atoms with E-state index in [2.05, 4.69) is 6.07 Å². The minimum absolute atomic E-state index is 0.133. The average molecular weight is 479 g/mol. The fourth-order valence-corrected chi connectivity index (χ4v) is 5.49. The molecule has 5 rings (SSSR count). The highest BCUT2D eigenvalue weighted by Crippen LogP contribution is 2.56. The summed E-state index contributed by atoms with van der Waals surface area (Å²) in [5.74, 6) is -2.00. The van der Waals surface area contributed by atoms with E-state index in [0.29, 0.717) is 16.8 Å². The quantitative estimate of drug-likeness (QED) is 0.229. The van der Waals surface area contributed by atoms with Crippen LogP contribution in [0.2, 0.25) is 0 Å². The van der Waals surface area contributed by atoms with Gasteiger partial charge >= 0.3 is 5.97 Å². The van der Waals surface area contributed by atoms with Crippen molar-refractivity contribution >= 4 is 29.2 Å². The van der Waals surface area contributed by atoms with Gasteiger partial charge in [-0.2, -0.15) is 5.26 Å². The van der Waals surface area contributed by atoms with E-state index < -0.39 is 34.3 Å². The van der Waals surface area contributed by atoms with Crippen LogP contribution >= 0.6 is 0 Å². The monoisotopic (exact) mass is 479 g/mol. The van der Waals surface area contributed by atoms with Gasteiger partial charge in [0.05, 0.1) is 24.1 Å². The molecule has 8 nitrogen and oxygen atoms in total. The Labute approximate surface area is 207 Å². The van der Waals surface area contributed by atoms with Gasteiger partial charge in [-0.25, -0.2) is 0 Å². The van der Waals surface area contributed by atoms with Gasteiger partial charge in [-0.3, -0.25) is 19.7 Å². The highest BCUT2D eigenvalue weighted by molar-refractivity contribution is 6.06. The number of hydrogen-bond acceptors (Lipinski definition) is 7. The number of hydrogen-bond donors (Lipinski definition) is 0. The van der Waals surface area contributed by atoms with Gasteiger partial charge in [0.15, 0.2) is 11.2 Å². The SMILES string of the molecule is COC(=O)[C@]1(C#N)[C@@H](c2ccc([N+](=O)[O-])cc2)[C@@H](C(=O)c2ccccc2)N2c3ccccc3C=C[C@@H]21. The van der Waals surface area contributed by atoms with Crippen molar-refractivity contribution in [2.24, 2.45) is 5.41 Å². The average Bonchev–Trinajstić information content (AvgIpc) is 3.24. The Kier molecular flexibility index (Phi) is 5.61. The van der Waals surface area contributed by atoms with E-state index in [-0.39, 0.29) is 11.5 Å². The number of fused-ring (bicyclic) bond motifs is 3. The van der Waals surface area contributed by atoms with Crippen molar-refractivity contribution in [1.29, 1.82) is 5.26 Å². The lowest BCUT2D eigenvalue weighted by Gasteiger charge is -2.36. The first-order chi connectivity index (χ1) is 17.4. The number of ether oxygens (including phenoxy) is 1. The molecule has 1 fully saturated rings. The molecule has 3 aromatic carbocycles. The van der Waals surface area contributed by atoms with Crippen molar-refractivity contribution < 1.29 is 19.2 Å². The lowest BCUT2D eigenvalue weighted by atomic mass is 9.68. The summed E-state index contributed by atoms with van der Waals surface area (Å²) in [6, 6.07) is 22.3. The van der Waals surface area contributed by atoms with Crippen LogP contribution < -0.4 is 4.90 Å². The largest absolute Gasteiger partial charge is 0.468 e. The molecule has 0 saturated carbocycles. The first-order valence-corrected chi connectivity index (χ1v) is 11.3. The molecular formula is C28H21N3O5. The maximum Gasteiger partial charge on any atom is 0.329 e. The number of Topliss-reactive ketones (excluding diaryl/α,β-unsaturated/α-hetero) is 1. The third kappa shape index (κ3) is 3.28. The number of anilines is 1. The van der Waals surface area contributed by atoms with E-state index in [1.54, 1.807) is 36.4 Å². The van der Waals surface area contributed by atoms with Crippen molar-refractivity contribution in [2.45, 2.75) is 18.0 Å². The van der Waals surface area contributed by atoms with Gasteiger partial charge in [-0.05, 0) is 17.2 Å². The maximum atomic E-state index is 14.1. The molecule has 0 radical (unpaired) electrons. The summed E-state index contributed by atoms with van der Waals surface area (Å²) in [5, 5.41) is 21.9. The van der Waals surface area contributed by atoms with Gasteiger partial charge in [0.25, 0.3) is 5.69 Å². The zero-order valence-corrected chi connectivity index (χ0v) is 19.3. The molecular weight excluding hydrogens is 458 g/mol. The Morgan fingerprint density at radius 3 is 2.33 bits per heavy atom. The van der Waals surface area contributed by atoms with E-state index >= 15 is 0 Å². The van der Waals surface area contributed by atoms with Crippen molar-refractivity contribution in [3.05, 3.63) is 112 Å². The third-order valence-electron chi connectivity index (χ3n) is 7.04. The molecule has 0 aromatic heterocycles. The fourth-order valence-electron chi connectivity index (χ4n) is 5.49. The highest BCUT2D eigenvalue weighted by Gasteiger charge is 2.67. The Morgan fingerprint density at radius 1 is 1.03 bits per heavy atom. The minimum Gasteiger partial charge on any atom is -0.468 e. The second-order valence-corrected chi connectivity index (χ2v) is 8.74. The number of esters is 1. The van der Waals surface area contributed by atoms with Crippen molar-refractivity contribution in [3.63, 3.8) is 0 Å². The zero-order chi connectivity index (χ0) is 25.4. The molecule has 3 aromatic rings. The Balaban J connectivity index is 1.80. The molecule has 36 heavy (non-hydrogen) atoms. The second kappa shape index (κ2) is 8.78. The van der Waals surface area contributed by atoms with E-state index in [1.807, 2.05) is 35.2 Å². The van der Waals surface area contributed by atoms with Gasteiger partial charge in [-0.1, -0.05) is 72.8 Å². The number of non-ortho nitro benzene ring substituents is 1. The summed E-state index contributed by atoms with van der Waals surface area (Å²) in [5.41, 5.74) is 0.532. The summed E-state index contributed by atoms with van der Waals surface area (Å²) in [4.78, 5) is 40.2. The number of rotatable bonds is 5. The molecule has 0 N–H and O–H groups in total. The normalized spacial score (nSPS) is 23.8. The lowest BCUT2D eigenvalue weighted by molar-refractivity contribution is -0.384. The van der Waals surface area contributed by atoms with Crippen LogP contribution in [0.15, 0.2) is 84.9 Å². The van der Waals surface area contributed by atoms with Crippen LogP contribution in [0.1, 0.15) is 27.4 Å². The molecule has 0 bridgehead atoms. The standard InChI is InChI=1S/C28H21N3O5/c1-36-27(33)28(17-29)23-16-13-18-7-5-6-10-22(18)30(23)25(26(32)20-8-3-2-4-9-20)24(28)19-11-14-21(15-12-19)31(34)35/h2-16,23-25H,1H3/t23-,24+,25+,28+/m1/s1. The Bertz CT molecular complexity index is 1430. The van der Waals surface area contributed by atoms with Gasteiger partial charge in [0.2, 0.25) is 0 Å². The summed E-state index contributed by atoms with van der Waals surface area (Å²) >= 11 is 0. The molecule has 2 heterocycles. The van der Waals surface area contributed by atoms with Crippen LogP contribution in [-0.2, 0) is 9.53 Å². The van der Waals surface area contributed by atoms with Gasteiger partial charge in [0, 0.05) is 29.3 Å². The smallest absolute Gasteiger partial charge is 0.329 e. The number of carbonyl (C=O) groups excluding carboxylic acids is 2. The number of ketones is 1. The number of para-hydroxylation sites is 1. The van der Waals surface area contributed by atoms with Gasteiger partial charge in [0.1, 0.15) is 6.04 Å². The number of nitriles is 1. The number of nitrogens with zero attached hydrogens (tertiary/aromatic N) is 3. The number of benzene rings is 3. The molecule has 0 spiro atoms. The topological polar surface area (TPSA) is 114 Å². The van der Waals surface area contributed by atoms with E-state index in [0.717, 1.165) is 5.56 Å². The molecule has 0 aliphatic carbocycles. The molecule has 1 saturated heterocycles. The number of nitro benzene ring substituents is 1.